The van der Waals surface area contributed by atoms with Crippen LogP contribution in [0.2, 0.25) is 0 Å². The van der Waals surface area contributed by atoms with E-state index in [0.29, 0.717) is 33.1 Å². The topological polar surface area (TPSA) is 127 Å². The summed E-state index contributed by atoms with van der Waals surface area (Å²) in [5.41, 5.74) is 3.80. The largest absolute Gasteiger partial charge is 0.465 e. The third-order valence-electron chi connectivity index (χ3n) is 7.00. The maximum Gasteiger partial charge on any atom is 0.341 e. The number of carbonyl (C=O) groups excluding carboxylic acids is 4. The molecule has 5 aromatic rings. The number of benzene rings is 3. The van der Waals surface area contributed by atoms with Crippen LogP contribution >= 0.6 is 23.1 Å². The van der Waals surface area contributed by atoms with E-state index in [2.05, 4.69) is 16.0 Å². The fourth-order valence-corrected chi connectivity index (χ4v) is 6.46. The smallest absolute Gasteiger partial charge is 0.341 e. The number of esters is 1. The number of nitrogens with one attached hydrogen (secondary N) is 3. The minimum atomic E-state index is -0.560. The van der Waals surface area contributed by atoms with Crippen molar-refractivity contribution < 1.29 is 28.3 Å². The number of anilines is 2. The predicted octanol–water partition coefficient (Wildman–Crippen LogP) is 8.02. The molecule has 11 heteroatoms. The fourth-order valence-electron chi connectivity index (χ4n) is 4.58. The van der Waals surface area contributed by atoms with Crippen LogP contribution < -0.4 is 16.0 Å². The molecule has 2 aromatic heterocycles. The Bertz CT molecular complexity index is 1930. The average Bonchev–Trinajstić information content (AvgIpc) is 3.75. The van der Waals surface area contributed by atoms with E-state index in [1.807, 2.05) is 42.6 Å². The first kappa shape index (κ1) is 34.0. The van der Waals surface area contributed by atoms with Gasteiger partial charge in [-0.1, -0.05) is 54.1 Å². The molecule has 1 atom stereocenters. The first-order chi connectivity index (χ1) is 23.2. The Morgan fingerprint density at radius 1 is 0.938 bits per heavy atom. The molecule has 0 aliphatic rings. The van der Waals surface area contributed by atoms with E-state index in [1.165, 1.54) is 35.4 Å². The Labute approximate surface area is 286 Å². The highest BCUT2D eigenvalue weighted by Crippen LogP contribution is 2.37. The number of rotatable bonds is 12. The summed E-state index contributed by atoms with van der Waals surface area (Å²) in [6, 6.07) is 26.7. The zero-order valence-electron chi connectivity index (χ0n) is 26.4. The Hall–Kier alpha value is -5.39. The van der Waals surface area contributed by atoms with Gasteiger partial charge in [-0.25, -0.2) is 4.79 Å². The number of thioether (sulfide) groups is 1. The lowest BCUT2D eigenvalue weighted by Gasteiger charge is -2.14. The summed E-state index contributed by atoms with van der Waals surface area (Å²) in [6.45, 7) is 5.68. The third-order valence-corrected chi connectivity index (χ3v) is 8.99. The van der Waals surface area contributed by atoms with Crippen LogP contribution in [0.25, 0.3) is 17.2 Å². The second kappa shape index (κ2) is 15.9. The lowest BCUT2D eigenvalue weighted by atomic mass is 10.0. The molecular formula is C37H33N3O6S2. The second-order valence-corrected chi connectivity index (χ2v) is 12.9. The van der Waals surface area contributed by atoms with Crippen molar-refractivity contribution in [3.63, 3.8) is 0 Å². The van der Waals surface area contributed by atoms with Gasteiger partial charge in [-0.3, -0.25) is 14.4 Å². The van der Waals surface area contributed by atoms with Crippen molar-refractivity contribution in [2.75, 3.05) is 17.2 Å². The number of aryl methyl sites for hydroxylation is 1. The molecular weight excluding hydrogens is 647 g/mol. The van der Waals surface area contributed by atoms with Crippen LogP contribution in [0.15, 0.2) is 118 Å². The van der Waals surface area contributed by atoms with Crippen molar-refractivity contribution in [2.24, 2.45) is 0 Å². The first-order valence-electron chi connectivity index (χ1n) is 15.1. The molecule has 0 radical (unpaired) electrons. The zero-order chi connectivity index (χ0) is 34.0. The highest BCUT2D eigenvalue weighted by molar-refractivity contribution is 8.00. The van der Waals surface area contributed by atoms with E-state index in [1.54, 1.807) is 74.5 Å². The molecule has 0 aliphatic heterocycles. The zero-order valence-corrected chi connectivity index (χ0v) is 28.1. The summed E-state index contributed by atoms with van der Waals surface area (Å²) in [6.07, 6.45) is 2.91. The van der Waals surface area contributed by atoms with Crippen molar-refractivity contribution in [3.05, 3.63) is 131 Å². The SMILES string of the molecule is CCOC(=O)c1c(-c2ccc(C)cc2)csc1NC(=O)C(C)Sc1cccc(NC(=O)/C(=C/c2ccco2)NC(=O)c2ccccc2)c1. The van der Waals surface area contributed by atoms with Crippen molar-refractivity contribution in [2.45, 2.75) is 30.9 Å². The Balaban J connectivity index is 1.28. The van der Waals surface area contributed by atoms with E-state index in [0.717, 1.165) is 16.0 Å². The van der Waals surface area contributed by atoms with Gasteiger partial charge in [-0.15, -0.1) is 23.1 Å². The summed E-state index contributed by atoms with van der Waals surface area (Å²) in [5.74, 6) is -1.42. The van der Waals surface area contributed by atoms with Gasteiger partial charge >= 0.3 is 5.97 Å². The van der Waals surface area contributed by atoms with Crippen molar-refractivity contribution >= 4 is 63.6 Å². The number of carbonyl (C=O) groups is 4. The van der Waals surface area contributed by atoms with Crippen LogP contribution in [0.4, 0.5) is 10.7 Å². The molecule has 0 saturated carbocycles. The van der Waals surface area contributed by atoms with Crippen LogP contribution in [0.1, 0.15) is 45.9 Å². The van der Waals surface area contributed by atoms with Crippen LogP contribution in [0.3, 0.4) is 0 Å². The molecule has 3 amide bonds. The van der Waals surface area contributed by atoms with Gasteiger partial charge < -0.3 is 25.1 Å². The maximum atomic E-state index is 13.4. The van der Waals surface area contributed by atoms with E-state index >= 15 is 0 Å². The number of furan rings is 1. The predicted molar refractivity (Wildman–Crippen MR) is 190 cm³/mol. The minimum Gasteiger partial charge on any atom is -0.465 e. The van der Waals surface area contributed by atoms with Gasteiger partial charge in [0.1, 0.15) is 22.0 Å². The molecule has 2 heterocycles. The number of thiophene rings is 1. The summed E-state index contributed by atoms with van der Waals surface area (Å²) < 4.78 is 10.7. The third kappa shape index (κ3) is 8.69. The van der Waals surface area contributed by atoms with E-state index < -0.39 is 23.0 Å². The van der Waals surface area contributed by atoms with Crippen molar-refractivity contribution in [1.29, 1.82) is 0 Å². The highest BCUT2D eigenvalue weighted by atomic mass is 32.2. The van der Waals surface area contributed by atoms with Gasteiger partial charge in [0.25, 0.3) is 11.8 Å². The second-order valence-electron chi connectivity index (χ2n) is 10.6. The van der Waals surface area contributed by atoms with Gasteiger partial charge in [0, 0.05) is 33.2 Å². The van der Waals surface area contributed by atoms with Gasteiger partial charge in [0.15, 0.2) is 0 Å². The number of ether oxygens (including phenoxy) is 1. The molecule has 5 rings (SSSR count). The van der Waals surface area contributed by atoms with Crippen molar-refractivity contribution in [3.8, 4) is 11.1 Å². The first-order valence-corrected chi connectivity index (χ1v) is 16.8. The van der Waals surface area contributed by atoms with Gasteiger partial charge in [0.05, 0.1) is 18.1 Å². The lowest BCUT2D eigenvalue weighted by Crippen LogP contribution is -2.30. The summed E-state index contributed by atoms with van der Waals surface area (Å²) in [5, 5.41) is 10.1. The standard InChI is InChI=1S/C37H33N3O6S2/c1-4-45-37(44)32-30(25-17-15-23(2)16-18-25)22-47-36(32)40-33(41)24(3)48-29-14-8-12-27(20-29)38-35(43)31(21-28-13-9-19-46-28)39-34(42)26-10-6-5-7-11-26/h5-22,24H,4H2,1-3H3,(H,38,43)(H,39,42)(H,40,41)/b31-21-. The number of hydrogen-bond donors (Lipinski definition) is 3. The normalized spacial score (nSPS) is 11.8. The molecule has 0 bridgehead atoms. The van der Waals surface area contributed by atoms with E-state index in [9.17, 15) is 19.2 Å². The van der Waals surface area contributed by atoms with Crippen molar-refractivity contribution in [1.82, 2.24) is 5.32 Å². The molecule has 244 valence electrons. The Morgan fingerprint density at radius 3 is 2.42 bits per heavy atom. The van der Waals surface area contributed by atoms with Crippen LogP contribution in [0, 0.1) is 6.92 Å². The molecule has 0 saturated heterocycles. The van der Waals surface area contributed by atoms with E-state index in [4.69, 9.17) is 9.15 Å². The molecule has 9 nitrogen and oxygen atoms in total. The quantitative estimate of drug-likeness (QED) is 0.0693. The van der Waals surface area contributed by atoms with Crippen LogP contribution in [0.5, 0.6) is 0 Å². The molecule has 48 heavy (non-hydrogen) atoms. The fraction of sp³-hybridized carbons (Fsp3) is 0.135. The molecule has 3 aromatic carbocycles. The minimum absolute atomic E-state index is 0.0111. The molecule has 3 N–H and O–H groups in total. The molecule has 0 aliphatic carbocycles. The molecule has 0 spiro atoms. The van der Waals surface area contributed by atoms with Gasteiger partial charge in [0.2, 0.25) is 5.91 Å². The summed E-state index contributed by atoms with van der Waals surface area (Å²) in [4.78, 5) is 53.3. The van der Waals surface area contributed by atoms with Gasteiger partial charge in [-0.05, 0) is 68.8 Å². The van der Waals surface area contributed by atoms with Crippen LogP contribution in [-0.2, 0) is 14.3 Å². The average molecular weight is 680 g/mol. The monoisotopic (exact) mass is 679 g/mol. The van der Waals surface area contributed by atoms with Gasteiger partial charge in [-0.2, -0.15) is 0 Å². The summed E-state index contributed by atoms with van der Waals surface area (Å²) >= 11 is 2.55. The highest BCUT2D eigenvalue weighted by Gasteiger charge is 2.25. The summed E-state index contributed by atoms with van der Waals surface area (Å²) in [7, 11) is 0. The van der Waals surface area contributed by atoms with E-state index in [-0.39, 0.29) is 18.2 Å². The Kier molecular flexibility index (Phi) is 11.3. The Morgan fingerprint density at radius 2 is 1.71 bits per heavy atom. The molecule has 0 fully saturated rings. The number of hydrogen-bond acceptors (Lipinski definition) is 8. The number of amides is 3. The maximum absolute atomic E-state index is 13.4. The molecule has 1 unspecified atom stereocenters. The lowest BCUT2D eigenvalue weighted by molar-refractivity contribution is -0.115. The van der Waals surface area contributed by atoms with Crippen LogP contribution in [-0.4, -0.2) is 35.5 Å².